The van der Waals surface area contributed by atoms with Crippen molar-refractivity contribution >= 4 is 29.3 Å². The highest BCUT2D eigenvalue weighted by molar-refractivity contribution is 5.69. The highest BCUT2D eigenvalue weighted by Gasteiger charge is 2.28. The molecule has 1 unspecified atom stereocenters. The number of pyridine rings is 1. The number of benzene rings is 2. The molecule has 4 heterocycles. The lowest BCUT2D eigenvalue weighted by Gasteiger charge is -2.36. The first kappa shape index (κ1) is 42.0. The SMILES string of the molecule is CCCC(CCC)Nc1nc(N(Cc2ccc(OC)cc2)Cc2ccc(OC)cc2)c2ncc(C(O)c3cnc(N4CCN(C(=O)OC(C)(C)C)CC4)c(C)c3)n2n1. The van der Waals surface area contributed by atoms with E-state index in [2.05, 4.69) is 53.2 Å². The number of hydrogen-bond acceptors (Lipinski definition) is 12. The molecule has 310 valence electrons. The van der Waals surface area contributed by atoms with Gasteiger partial charge in [-0.15, -0.1) is 5.10 Å². The van der Waals surface area contributed by atoms with Crippen LogP contribution in [0.15, 0.2) is 67.0 Å². The fourth-order valence-electron chi connectivity index (χ4n) is 7.29. The quantitative estimate of drug-likeness (QED) is 0.102. The molecule has 0 bridgehead atoms. The minimum Gasteiger partial charge on any atom is -0.497 e. The largest absolute Gasteiger partial charge is 0.497 e. The van der Waals surface area contributed by atoms with Crippen LogP contribution in [0.5, 0.6) is 11.5 Å². The minimum absolute atomic E-state index is 0.180. The standard InChI is InChI=1S/C44H59N9O5/c1-9-11-34(12-10-2)47-42-48-41(52(28-31-13-17-35(56-7)18-14-31)29-32-15-19-36(57-8)20-16-32)40-46-27-37(53(40)49-42)38(54)33-25-30(3)39(45-26-33)50-21-23-51(24-22-50)43(55)58-44(4,5)6/h13-20,25-27,34,38,54H,9-12,21-24,28-29H2,1-8H3,(H,47,49). The Labute approximate surface area is 342 Å². The second-order valence-electron chi connectivity index (χ2n) is 15.9. The Bertz CT molecular complexity index is 2050. The number of aliphatic hydroxyl groups excluding tert-OH is 1. The summed E-state index contributed by atoms with van der Waals surface area (Å²) in [6, 6.07) is 18.2. The van der Waals surface area contributed by atoms with Gasteiger partial charge in [0.05, 0.1) is 26.1 Å². The van der Waals surface area contributed by atoms with E-state index in [-0.39, 0.29) is 12.1 Å². The van der Waals surface area contributed by atoms with Gasteiger partial charge in [0.15, 0.2) is 11.5 Å². The van der Waals surface area contributed by atoms with Crippen LogP contribution in [0.4, 0.5) is 22.4 Å². The first-order valence-electron chi connectivity index (χ1n) is 20.3. The zero-order valence-electron chi connectivity index (χ0n) is 35.2. The third-order valence-electron chi connectivity index (χ3n) is 10.2. The third-order valence-corrected chi connectivity index (χ3v) is 10.2. The summed E-state index contributed by atoms with van der Waals surface area (Å²) < 4.78 is 18.2. The number of ether oxygens (including phenoxy) is 3. The van der Waals surface area contributed by atoms with Crippen molar-refractivity contribution in [3.63, 3.8) is 0 Å². The maximum atomic E-state index is 12.7. The lowest BCUT2D eigenvalue weighted by atomic mass is 10.1. The van der Waals surface area contributed by atoms with Crippen molar-refractivity contribution < 1.29 is 24.1 Å². The molecule has 14 nitrogen and oxygen atoms in total. The van der Waals surface area contributed by atoms with Crippen LogP contribution in [-0.4, -0.2) is 92.7 Å². The number of hydrogen-bond donors (Lipinski definition) is 2. The number of methoxy groups -OCH3 is 2. The van der Waals surface area contributed by atoms with E-state index in [0.717, 1.165) is 59.7 Å². The predicted octanol–water partition coefficient (Wildman–Crippen LogP) is 7.57. The molecule has 0 radical (unpaired) electrons. The van der Waals surface area contributed by atoms with Gasteiger partial charge in [-0.25, -0.2) is 19.3 Å². The fraction of sp³-hybridized carbons (Fsp3) is 0.477. The van der Waals surface area contributed by atoms with Crippen molar-refractivity contribution in [3.05, 3.63) is 94.9 Å². The smallest absolute Gasteiger partial charge is 0.410 e. The fourth-order valence-corrected chi connectivity index (χ4v) is 7.29. The molecule has 14 heteroatoms. The Morgan fingerprint density at radius 2 is 1.47 bits per heavy atom. The number of piperazine rings is 1. The molecule has 6 rings (SSSR count). The summed E-state index contributed by atoms with van der Waals surface area (Å²) >= 11 is 0. The van der Waals surface area contributed by atoms with Gasteiger partial charge in [0, 0.05) is 57.1 Å². The topological polar surface area (TPSA) is 143 Å². The van der Waals surface area contributed by atoms with E-state index in [0.29, 0.717) is 67.9 Å². The number of aliphatic hydroxyl groups is 1. The number of carbonyl (C=O) groups is 1. The molecule has 1 fully saturated rings. The lowest BCUT2D eigenvalue weighted by molar-refractivity contribution is 0.0240. The number of nitrogens with zero attached hydrogens (tertiary/aromatic N) is 8. The summed E-state index contributed by atoms with van der Waals surface area (Å²) in [7, 11) is 3.32. The maximum Gasteiger partial charge on any atom is 0.410 e. The van der Waals surface area contributed by atoms with Crippen molar-refractivity contribution in [1.29, 1.82) is 0 Å². The molecule has 0 spiro atoms. The molecule has 1 atom stereocenters. The van der Waals surface area contributed by atoms with Crippen LogP contribution in [0.2, 0.25) is 0 Å². The molecule has 2 N–H and O–H groups in total. The summed E-state index contributed by atoms with van der Waals surface area (Å²) in [5, 5.41) is 20.7. The van der Waals surface area contributed by atoms with Crippen molar-refractivity contribution in [2.75, 3.05) is 55.5 Å². The summed E-state index contributed by atoms with van der Waals surface area (Å²) in [5.74, 6) is 3.48. The molecule has 5 aromatic rings. The number of rotatable bonds is 16. The summed E-state index contributed by atoms with van der Waals surface area (Å²) in [6.07, 6.45) is 5.99. The van der Waals surface area contributed by atoms with Crippen molar-refractivity contribution in [3.8, 4) is 11.5 Å². The van der Waals surface area contributed by atoms with E-state index >= 15 is 0 Å². The van der Waals surface area contributed by atoms with Gasteiger partial charge in [0.1, 0.15) is 29.0 Å². The van der Waals surface area contributed by atoms with Gasteiger partial charge in [-0.2, -0.15) is 4.98 Å². The molecule has 3 aromatic heterocycles. The molecule has 1 amide bonds. The van der Waals surface area contributed by atoms with Crippen molar-refractivity contribution in [2.45, 2.75) is 98.1 Å². The summed E-state index contributed by atoms with van der Waals surface area (Å²) in [5.41, 5.74) is 4.14. The molecule has 58 heavy (non-hydrogen) atoms. The number of nitrogens with one attached hydrogen (secondary N) is 1. The predicted molar refractivity (Wildman–Crippen MR) is 227 cm³/mol. The number of anilines is 3. The number of fused-ring (bicyclic) bond motifs is 1. The van der Waals surface area contributed by atoms with Crippen LogP contribution < -0.4 is 24.6 Å². The van der Waals surface area contributed by atoms with E-state index in [1.54, 1.807) is 36.0 Å². The Balaban J connectivity index is 1.35. The Kier molecular flexibility index (Phi) is 13.6. The van der Waals surface area contributed by atoms with Gasteiger partial charge in [-0.3, -0.25) is 0 Å². The second kappa shape index (κ2) is 18.8. The molecular formula is C44H59N9O5. The zero-order chi connectivity index (χ0) is 41.4. The van der Waals surface area contributed by atoms with Crippen molar-refractivity contribution in [1.82, 2.24) is 29.5 Å². The van der Waals surface area contributed by atoms with Gasteiger partial charge < -0.3 is 39.3 Å². The highest BCUT2D eigenvalue weighted by atomic mass is 16.6. The molecule has 0 saturated carbocycles. The first-order valence-corrected chi connectivity index (χ1v) is 20.3. The van der Waals surface area contributed by atoms with Crippen LogP contribution in [0.1, 0.15) is 94.4 Å². The van der Waals surface area contributed by atoms with Crippen LogP contribution in [0.3, 0.4) is 0 Å². The number of amides is 1. The Morgan fingerprint density at radius 3 is 1.98 bits per heavy atom. The zero-order valence-corrected chi connectivity index (χ0v) is 35.2. The molecule has 1 aliphatic rings. The van der Waals surface area contributed by atoms with E-state index < -0.39 is 11.7 Å². The highest BCUT2D eigenvalue weighted by Crippen LogP contribution is 2.31. The minimum atomic E-state index is -1.08. The average molecular weight is 794 g/mol. The Hall–Kier alpha value is -5.63. The normalized spacial score (nSPS) is 13.8. The van der Waals surface area contributed by atoms with Gasteiger partial charge in [0.25, 0.3) is 0 Å². The number of carbonyl (C=O) groups excluding carboxylic acids is 1. The number of aromatic nitrogens is 5. The monoisotopic (exact) mass is 793 g/mol. The molecule has 1 saturated heterocycles. The molecule has 2 aromatic carbocycles. The summed E-state index contributed by atoms with van der Waals surface area (Å²) in [6.45, 7) is 15.3. The maximum absolute atomic E-state index is 12.7. The van der Waals surface area contributed by atoms with Gasteiger partial charge in [-0.1, -0.05) is 51.0 Å². The van der Waals surface area contributed by atoms with E-state index in [4.69, 9.17) is 34.3 Å². The molecular weight excluding hydrogens is 735 g/mol. The van der Waals surface area contributed by atoms with Crippen LogP contribution in [0.25, 0.3) is 5.65 Å². The van der Waals surface area contributed by atoms with Crippen LogP contribution in [-0.2, 0) is 17.8 Å². The van der Waals surface area contributed by atoms with E-state index in [1.807, 2.05) is 58.0 Å². The first-order chi connectivity index (χ1) is 27.9. The third kappa shape index (κ3) is 10.3. The van der Waals surface area contributed by atoms with E-state index in [9.17, 15) is 9.90 Å². The summed E-state index contributed by atoms with van der Waals surface area (Å²) in [4.78, 5) is 33.6. The lowest BCUT2D eigenvalue weighted by Crippen LogP contribution is -2.50. The number of imidazole rings is 1. The average Bonchev–Trinajstić information content (AvgIpc) is 3.64. The van der Waals surface area contributed by atoms with Crippen molar-refractivity contribution in [2.24, 2.45) is 0 Å². The van der Waals surface area contributed by atoms with Gasteiger partial charge in [-0.05, 0) is 87.6 Å². The van der Waals surface area contributed by atoms with Gasteiger partial charge >= 0.3 is 6.09 Å². The van der Waals surface area contributed by atoms with Gasteiger partial charge in [0.2, 0.25) is 5.95 Å². The second-order valence-corrected chi connectivity index (χ2v) is 15.9. The Morgan fingerprint density at radius 1 is 0.879 bits per heavy atom. The molecule has 1 aliphatic heterocycles. The van der Waals surface area contributed by atoms with Crippen LogP contribution in [0, 0.1) is 6.92 Å². The van der Waals surface area contributed by atoms with Crippen LogP contribution >= 0.6 is 0 Å². The van der Waals surface area contributed by atoms with E-state index in [1.165, 1.54) is 0 Å². The molecule has 0 aliphatic carbocycles. The number of aryl methyl sites for hydroxylation is 1.